The van der Waals surface area contributed by atoms with Gasteiger partial charge < -0.3 is 4.74 Å². The fourth-order valence-electron chi connectivity index (χ4n) is 2.17. The molecule has 0 amide bonds. The van der Waals surface area contributed by atoms with Crippen molar-refractivity contribution < 1.29 is 13.5 Å². The highest BCUT2D eigenvalue weighted by atomic mass is 35.5. The van der Waals surface area contributed by atoms with Crippen molar-refractivity contribution in [2.24, 2.45) is 0 Å². The molecule has 5 heteroatoms. The molecule has 2 nitrogen and oxygen atoms in total. The summed E-state index contributed by atoms with van der Waals surface area (Å²) in [5.74, 6) is -1.27. The Morgan fingerprint density at radius 3 is 2.60 bits per heavy atom. The number of ether oxygens (including phenoxy) is 1. The average Bonchev–Trinajstić information content (AvgIpc) is 3.20. The molecule has 1 aliphatic heterocycles. The van der Waals surface area contributed by atoms with Crippen molar-refractivity contribution in [2.45, 2.75) is 5.60 Å². The number of halogens is 3. The van der Waals surface area contributed by atoms with Crippen LogP contribution in [0.15, 0.2) is 43.1 Å². The van der Waals surface area contributed by atoms with Crippen molar-refractivity contribution in [3.63, 3.8) is 0 Å². The third kappa shape index (κ3) is 2.11. The minimum atomic E-state index is -0.937. The molecule has 0 aliphatic carbocycles. The first kappa shape index (κ1) is 13.2. The van der Waals surface area contributed by atoms with Gasteiger partial charge in [-0.25, -0.2) is 13.8 Å². The Labute approximate surface area is 119 Å². The summed E-state index contributed by atoms with van der Waals surface area (Å²) in [5.41, 5.74) is 0.620. The number of hydrogen-bond donors (Lipinski definition) is 0. The number of benzene rings is 1. The first-order valence-electron chi connectivity index (χ1n) is 5.94. The molecule has 1 saturated heterocycles. The summed E-state index contributed by atoms with van der Waals surface area (Å²) in [6.07, 6.45) is 1.55. The van der Waals surface area contributed by atoms with Crippen LogP contribution in [0.25, 0.3) is 5.57 Å². The number of epoxide rings is 1. The average molecular weight is 294 g/mol. The zero-order valence-corrected chi connectivity index (χ0v) is 11.1. The van der Waals surface area contributed by atoms with Crippen LogP contribution in [0.4, 0.5) is 8.78 Å². The number of hydrogen-bond acceptors (Lipinski definition) is 2. The van der Waals surface area contributed by atoms with Crippen molar-refractivity contribution in [3.8, 4) is 0 Å². The summed E-state index contributed by atoms with van der Waals surface area (Å²) < 4.78 is 32.4. The zero-order chi connectivity index (χ0) is 14.3. The van der Waals surface area contributed by atoms with E-state index in [4.69, 9.17) is 16.3 Å². The van der Waals surface area contributed by atoms with E-state index in [1.165, 1.54) is 12.1 Å². The van der Waals surface area contributed by atoms with Crippen LogP contribution in [0.1, 0.15) is 11.1 Å². The van der Waals surface area contributed by atoms with Gasteiger partial charge in [-0.2, -0.15) is 0 Å². The highest BCUT2D eigenvalue weighted by molar-refractivity contribution is 6.29. The number of rotatable bonds is 3. The molecule has 0 spiro atoms. The minimum absolute atomic E-state index is 0.277. The minimum Gasteiger partial charge on any atom is -0.359 e. The topological polar surface area (TPSA) is 25.4 Å². The molecule has 1 aliphatic rings. The van der Waals surface area contributed by atoms with Gasteiger partial charge in [0.2, 0.25) is 0 Å². The van der Waals surface area contributed by atoms with Crippen LogP contribution < -0.4 is 0 Å². The molecular formula is C15H10ClF2NO. The highest BCUT2D eigenvalue weighted by Crippen LogP contribution is 2.49. The summed E-state index contributed by atoms with van der Waals surface area (Å²) in [6.45, 7) is 4.26. The largest absolute Gasteiger partial charge is 0.359 e. The second-order valence-corrected chi connectivity index (χ2v) is 4.98. The smallest absolute Gasteiger partial charge is 0.144 e. The lowest BCUT2D eigenvalue weighted by Gasteiger charge is -2.16. The van der Waals surface area contributed by atoms with Crippen molar-refractivity contribution in [1.82, 2.24) is 4.98 Å². The Hall–Kier alpha value is -1.78. The molecule has 2 aromatic rings. The lowest BCUT2D eigenvalue weighted by atomic mass is 9.88. The summed E-state index contributed by atoms with van der Waals surface area (Å²) in [4.78, 5) is 3.97. The van der Waals surface area contributed by atoms with Crippen molar-refractivity contribution >= 4 is 17.2 Å². The lowest BCUT2D eigenvalue weighted by Crippen LogP contribution is -2.13. The molecule has 0 bridgehead atoms. The summed E-state index contributed by atoms with van der Waals surface area (Å²) in [7, 11) is 0. The second kappa shape index (κ2) is 4.65. The Kier molecular flexibility index (Phi) is 3.07. The summed E-state index contributed by atoms with van der Waals surface area (Å²) in [6, 6.07) is 6.79. The quantitative estimate of drug-likeness (QED) is 0.632. The van der Waals surface area contributed by atoms with Crippen LogP contribution in [0.3, 0.4) is 0 Å². The Bertz CT molecular complexity index is 681. The van der Waals surface area contributed by atoms with Gasteiger partial charge in [0.15, 0.2) is 0 Å². The van der Waals surface area contributed by atoms with Crippen molar-refractivity contribution in [1.29, 1.82) is 0 Å². The van der Waals surface area contributed by atoms with Crippen LogP contribution in [-0.4, -0.2) is 11.6 Å². The van der Waals surface area contributed by atoms with Gasteiger partial charge in [0.05, 0.1) is 6.61 Å². The zero-order valence-electron chi connectivity index (χ0n) is 10.4. The molecule has 1 aromatic carbocycles. The molecule has 102 valence electrons. The van der Waals surface area contributed by atoms with Gasteiger partial charge in [0.1, 0.15) is 22.4 Å². The number of pyridine rings is 1. The molecule has 1 fully saturated rings. The monoisotopic (exact) mass is 293 g/mol. The van der Waals surface area contributed by atoms with E-state index in [0.717, 1.165) is 6.07 Å². The normalized spacial score (nSPS) is 20.8. The first-order chi connectivity index (χ1) is 9.53. The van der Waals surface area contributed by atoms with Gasteiger partial charge in [-0.05, 0) is 35.4 Å². The van der Waals surface area contributed by atoms with Crippen molar-refractivity contribution in [3.05, 3.63) is 71.0 Å². The number of nitrogens with zero attached hydrogens (tertiary/aromatic N) is 1. The van der Waals surface area contributed by atoms with E-state index < -0.39 is 17.2 Å². The molecule has 2 heterocycles. The Balaban J connectivity index is 2.00. The molecule has 1 atom stereocenters. The SMILES string of the molecule is C=C(c1ccc(Cl)nc1)C1(c2ccc(F)cc2F)CO1. The fourth-order valence-corrected chi connectivity index (χ4v) is 2.28. The summed E-state index contributed by atoms with van der Waals surface area (Å²) in [5, 5.41) is 0.361. The maximum atomic E-state index is 13.9. The van der Waals surface area contributed by atoms with E-state index >= 15 is 0 Å². The van der Waals surface area contributed by atoms with Crippen molar-refractivity contribution in [2.75, 3.05) is 6.61 Å². The maximum Gasteiger partial charge on any atom is 0.144 e. The molecular weight excluding hydrogens is 284 g/mol. The van der Waals surface area contributed by atoms with Gasteiger partial charge >= 0.3 is 0 Å². The highest BCUT2D eigenvalue weighted by Gasteiger charge is 2.51. The Morgan fingerprint density at radius 2 is 2.05 bits per heavy atom. The fraction of sp³-hybridized carbons (Fsp3) is 0.133. The Morgan fingerprint density at radius 1 is 1.30 bits per heavy atom. The predicted octanol–water partition coefficient (Wildman–Crippen LogP) is 3.95. The predicted molar refractivity (Wildman–Crippen MR) is 72.3 cm³/mol. The van der Waals surface area contributed by atoms with E-state index in [1.54, 1.807) is 18.3 Å². The molecule has 3 rings (SSSR count). The number of aromatic nitrogens is 1. The third-order valence-electron chi connectivity index (χ3n) is 3.36. The van der Waals surface area contributed by atoms with Crippen LogP contribution >= 0.6 is 11.6 Å². The second-order valence-electron chi connectivity index (χ2n) is 4.59. The van der Waals surface area contributed by atoms with E-state index in [-0.39, 0.29) is 5.56 Å². The summed E-state index contributed by atoms with van der Waals surface area (Å²) >= 11 is 5.73. The van der Waals surface area contributed by atoms with E-state index in [2.05, 4.69) is 11.6 Å². The van der Waals surface area contributed by atoms with Gasteiger partial charge in [-0.15, -0.1) is 0 Å². The van der Waals surface area contributed by atoms with Crippen LogP contribution in [0.2, 0.25) is 5.15 Å². The molecule has 0 saturated carbocycles. The third-order valence-corrected chi connectivity index (χ3v) is 3.59. The van der Waals surface area contributed by atoms with E-state index in [9.17, 15) is 8.78 Å². The van der Waals surface area contributed by atoms with E-state index in [1.807, 2.05) is 0 Å². The molecule has 1 unspecified atom stereocenters. The maximum absolute atomic E-state index is 13.9. The molecule has 0 radical (unpaired) electrons. The van der Waals surface area contributed by atoms with Gasteiger partial charge in [-0.1, -0.05) is 18.2 Å². The molecule has 0 N–H and O–H groups in total. The molecule has 1 aromatic heterocycles. The van der Waals surface area contributed by atoms with Gasteiger partial charge in [-0.3, -0.25) is 0 Å². The van der Waals surface area contributed by atoms with Crippen LogP contribution in [0.5, 0.6) is 0 Å². The van der Waals surface area contributed by atoms with Crippen LogP contribution in [0, 0.1) is 11.6 Å². The van der Waals surface area contributed by atoms with Crippen LogP contribution in [-0.2, 0) is 10.3 Å². The van der Waals surface area contributed by atoms with Gasteiger partial charge in [0.25, 0.3) is 0 Å². The first-order valence-corrected chi connectivity index (χ1v) is 6.31. The lowest BCUT2D eigenvalue weighted by molar-refractivity contribution is 0.357. The standard InChI is InChI=1S/C15H10ClF2NO/c1-9(10-2-5-14(16)19-7-10)15(8-20-15)12-4-3-11(17)6-13(12)18/h2-7H,1,8H2. The van der Waals surface area contributed by atoms with E-state index in [0.29, 0.717) is 22.9 Å². The van der Waals surface area contributed by atoms with Gasteiger partial charge in [0, 0.05) is 17.8 Å². The molecule has 20 heavy (non-hydrogen) atoms.